The van der Waals surface area contributed by atoms with E-state index in [2.05, 4.69) is 10.6 Å². The minimum atomic E-state index is -0.120. The third-order valence-corrected chi connectivity index (χ3v) is 2.06. The van der Waals surface area contributed by atoms with Crippen LogP contribution in [0.4, 0.5) is 5.69 Å². The van der Waals surface area contributed by atoms with Crippen molar-refractivity contribution < 1.29 is 4.79 Å². The molecule has 0 spiro atoms. The van der Waals surface area contributed by atoms with E-state index < -0.39 is 0 Å². The SMILES string of the molecule is CN/C(C)=C/C(=O)Nc1ccc(C)cc1. The number of carbonyl (C=O) groups is 1. The first kappa shape index (κ1) is 11.3. The fraction of sp³-hybridized carbons (Fsp3) is 0.250. The molecule has 0 saturated carbocycles. The van der Waals surface area contributed by atoms with Gasteiger partial charge in [0.25, 0.3) is 0 Å². The summed E-state index contributed by atoms with van der Waals surface area (Å²) in [4.78, 5) is 11.4. The first-order valence-corrected chi connectivity index (χ1v) is 4.85. The molecule has 2 N–H and O–H groups in total. The van der Waals surface area contributed by atoms with Crippen molar-refractivity contribution in [3.63, 3.8) is 0 Å². The van der Waals surface area contributed by atoms with Crippen molar-refractivity contribution in [1.82, 2.24) is 5.32 Å². The Morgan fingerprint density at radius 3 is 2.40 bits per heavy atom. The summed E-state index contributed by atoms with van der Waals surface area (Å²) in [6, 6.07) is 7.69. The minimum absolute atomic E-state index is 0.120. The molecule has 0 bridgehead atoms. The van der Waals surface area contributed by atoms with E-state index in [9.17, 15) is 4.79 Å². The lowest BCUT2D eigenvalue weighted by atomic mass is 10.2. The maximum absolute atomic E-state index is 11.4. The Morgan fingerprint density at radius 2 is 1.87 bits per heavy atom. The number of carbonyl (C=O) groups excluding carboxylic acids is 1. The van der Waals surface area contributed by atoms with Gasteiger partial charge in [-0.15, -0.1) is 0 Å². The molecule has 0 radical (unpaired) electrons. The van der Waals surface area contributed by atoms with E-state index >= 15 is 0 Å². The fourth-order valence-electron chi connectivity index (χ4n) is 1.08. The van der Waals surface area contributed by atoms with Crippen LogP contribution in [-0.2, 0) is 4.79 Å². The molecule has 0 aliphatic carbocycles. The third-order valence-electron chi connectivity index (χ3n) is 2.06. The molecule has 80 valence electrons. The Kier molecular flexibility index (Phi) is 3.92. The van der Waals surface area contributed by atoms with Crippen LogP contribution >= 0.6 is 0 Å². The highest BCUT2D eigenvalue weighted by Gasteiger charge is 1.98. The molecule has 0 fully saturated rings. The number of nitrogens with one attached hydrogen (secondary N) is 2. The number of allylic oxidation sites excluding steroid dienone is 1. The van der Waals surface area contributed by atoms with Crippen LogP contribution in [0, 0.1) is 6.92 Å². The second-order valence-electron chi connectivity index (χ2n) is 3.43. The maximum Gasteiger partial charge on any atom is 0.250 e. The molecule has 0 saturated heterocycles. The molecule has 0 heterocycles. The summed E-state index contributed by atoms with van der Waals surface area (Å²) in [5.41, 5.74) is 2.82. The van der Waals surface area contributed by atoms with Gasteiger partial charge in [0.05, 0.1) is 0 Å². The number of hydrogen-bond donors (Lipinski definition) is 2. The molecular formula is C12H16N2O. The standard InChI is InChI=1S/C12H16N2O/c1-9-4-6-11(7-5-9)14-12(15)8-10(2)13-3/h4-8,13H,1-3H3,(H,14,15)/b10-8+. The van der Waals surface area contributed by atoms with Gasteiger partial charge in [0.15, 0.2) is 0 Å². The Hall–Kier alpha value is -1.77. The number of rotatable bonds is 3. The van der Waals surface area contributed by atoms with Crippen LogP contribution in [0.25, 0.3) is 0 Å². The van der Waals surface area contributed by atoms with Crippen molar-refractivity contribution in [1.29, 1.82) is 0 Å². The second kappa shape index (κ2) is 5.20. The van der Waals surface area contributed by atoms with Crippen LogP contribution < -0.4 is 10.6 Å². The Morgan fingerprint density at radius 1 is 1.27 bits per heavy atom. The van der Waals surface area contributed by atoms with Crippen LogP contribution in [0.1, 0.15) is 12.5 Å². The molecule has 3 nitrogen and oxygen atoms in total. The monoisotopic (exact) mass is 204 g/mol. The van der Waals surface area contributed by atoms with E-state index in [0.29, 0.717) is 0 Å². The molecule has 0 aliphatic heterocycles. The quantitative estimate of drug-likeness (QED) is 0.740. The highest BCUT2D eigenvalue weighted by molar-refractivity contribution is 5.99. The van der Waals surface area contributed by atoms with Gasteiger partial charge in [0.2, 0.25) is 5.91 Å². The minimum Gasteiger partial charge on any atom is -0.391 e. The normalized spacial score (nSPS) is 11.0. The lowest BCUT2D eigenvalue weighted by molar-refractivity contribution is -0.112. The summed E-state index contributed by atoms with van der Waals surface area (Å²) >= 11 is 0. The lowest BCUT2D eigenvalue weighted by Crippen LogP contribution is -2.12. The summed E-state index contributed by atoms with van der Waals surface area (Å²) in [6.07, 6.45) is 1.53. The van der Waals surface area contributed by atoms with Gasteiger partial charge >= 0.3 is 0 Å². The van der Waals surface area contributed by atoms with Crippen molar-refractivity contribution >= 4 is 11.6 Å². The number of anilines is 1. The van der Waals surface area contributed by atoms with Crippen LogP contribution in [0.2, 0.25) is 0 Å². The predicted octanol–water partition coefficient (Wildman–Crippen LogP) is 2.06. The van der Waals surface area contributed by atoms with Gasteiger partial charge in [0, 0.05) is 24.5 Å². The number of benzene rings is 1. The van der Waals surface area contributed by atoms with E-state index in [1.165, 1.54) is 11.6 Å². The molecule has 0 unspecified atom stereocenters. The highest BCUT2D eigenvalue weighted by atomic mass is 16.1. The highest BCUT2D eigenvalue weighted by Crippen LogP contribution is 2.08. The van der Waals surface area contributed by atoms with E-state index in [1.807, 2.05) is 38.1 Å². The molecule has 1 rings (SSSR count). The van der Waals surface area contributed by atoms with Crippen LogP contribution in [0.5, 0.6) is 0 Å². The number of aryl methyl sites for hydroxylation is 1. The van der Waals surface area contributed by atoms with Crippen LogP contribution in [0.15, 0.2) is 36.0 Å². The number of amides is 1. The molecular weight excluding hydrogens is 188 g/mol. The maximum atomic E-state index is 11.4. The Labute approximate surface area is 90.2 Å². The fourth-order valence-corrected chi connectivity index (χ4v) is 1.08. The molecule has 15 heavy (non-hydrogen) atoms. The first-order chi connectivity index (χ1) is 7.11. The van der Waals surface area contributed by atoms with Crippen LogP contribution in [0.3, 0.4) is 0 Å². The molecule has 0 atom stereocenters. The van der Waals surface area contributed by atoms with Crippen molar-refractivity contribution in [2.75, 3.05) is 12.4 Å². The van der Waals surface area contributed by atoms with E-state index in [0.717, 1.165) is 11.4 Å². The molecule has 1 aromatic carbocycles. The molecule has 1 amide bonds. The van der Waals surface area contributed by atoms with E-state index in [-0.39, 0.29) is 5.91 Å². The van der Waals surface area contributed by atoms with Crippen LogP contribution in [-0.4, -0.2) is 13.0 Å². The van der Waals surface area contributed by atoms with Crippen molar-refractivity contribution in [2.24, 2.45) is 0 Å². The first-order valence-electron chi connectivity index (χ1n) is 4.85. The van der Waals surface area contributed by atoms with Crippen molar-refractivity contribution in [2.45, 2.75) is 13.8 Å². The van der Waals surface area contributed by atoms with Crippen molar-refractivity contribution in [3.8, 4) is 0 Å². The van der Waals surface area contributed by atoms with E-state index in [1.54, 1.807) is 7.05 Å². The Balaban J connectivity index is 2.63. The summed E-state index contributed by atoms with van der Waals surface area (Å²) in [5.74, 6) is -0.120. The summed E-state index contributed by atoms with van der Waals surface area (Å²) < 4.78 is 0. The average Bonchev–Trinajstić information content (AvgIpc) is 2.21. The number of hydrogen-bond acceptors (Lipinski definition) is 2. The van der Waals surface area contributed by atoms with Crippen molar-refractivity contribution in [3.05, 3.63) is 41.6 Å². The zero-order valence-electron chi connectivity index (χ0n) is 9.29. The van der Waals surface area contributed by atoms with Gasteiger partial charge in [0.1, 0.15) is 0 Å². The average molecular weight is 204 g/mol. The Bertz CT molecular complexity index is 366. The smallest absolute Gasteiger partial charge is 0.250 e. The second-order valence-corrected chi connectivity index (χ2v) is 3.43. The van der Waals surface area contributed by atoms with Gasteiger partial charge in [-0.3, -0.25) is 4.79 Å². The summed E-state index contributed by atoms with van der Waals surface area (Å²) in [5, 5.41) is 5.67. The van der Waals surface area contributed by atoms with Gasteiger partial charge < -0.3 is 10.6 Å². The third kappa shape index (κ3) is 3.85. The largest absolute Gasteiger partial charge is 0.391 e. The molecule has 0 aromatic heterocycles. The molecule has 0 aliphatic rings. The van der Waals surface area contributed by atoms with E-state index in [4.69, 9.17) is 0 Å². The molecule has 1 aromatic rings. The van der Waals surface area contributed by atoms with Gasteiger partial charge in [-0.05, 0) is 26.0 Å². The zero-order chi connectivity index (χ0) is 11.3. The predicted molar refractivity (Wildman–Crippen MR) is 62.6 cm³/mol. The zero-order valence-corrected chi connectivity index (χ0v) is 9.29. The van der Waals surface area contributed by atoms with Gasteiger partial charge in [-0.2, -0.15) is 0 Å². The molecule has 3 heteroatoms. The summed E-state index contributed by atoms with van der Waals surface area (Å²) in [7, 11) is 1.78. The van der Waals surface area contributed by atoms with Gasteiger partial charge in [-0.1, -0.05) is 17.7 Å². The van der Waals surface area contributed by atoms with Gasteiger partial charge in [-0.25, -0.2) is 0 Å². The lowest BCUT2D eigenvalue weighted by Gasteiger charge is -2.03. The summed E-state index contributed by atoms with van der Waals surface area (Å²) in [6.45, 7) is 3.85. The topological polar surface area (TPSA) is 41.1 Å².